The minimum absolute atomic E-state index is 0. The highest BCUT2D eigenvalue weighted by molar-refractivity contribution is 6.40. The number of piperidine rings is 1. The Kier molecular flexibility index (Phi) is 7.80. The molecule has 1 aliphatic heterocycles. The van der Waals surface area contributed by atoms with Crippen molar-refractivity contribution in [3.05, 3.63) is 63.5 Å². The summed E-state index contributed by atoms with van der Waals surface area (Å²) in [4.78, 5) is 18.4. The summed E-state index contributed by atoms with van der Waals surface area (Å²) in [5.41, 5.74) is -0.966. The monoisotopic (exact) mass is 522 g/mol. The highest BCUT2D eigenvalue weighted by Crippen LogP contribution is 2.35. The third kappa shape index (κ3) is 5.38. The zero-order valence-corrected chi connectivity index (χ0v) is 19.4. The SMILES string of the molecule is Cl.O=C(Nc1cccn2c(CN3CCC(O)CC3)c(C(F)(F)F)nc12)c1c(Cl)cccc1Cl. The summed E-state index contributed by atoms with van der Waals surface area (Å²) in [6, 6.07) is 7.56. The van der Waals surface area contributed by atoms with E-state index in [1.807, 2.05) is 4.90 Å². The van der Waals surface area contributed by atoms with E-state index in [9.17, 15) is 23.1 Å². The van der Waals surface area contributed by atoms with E-state index < -0.39 is 23.9 Å². The van der Waals surface area contributed by atoms with E-state index in [0.29, 0.717) is 25.9 Å². The smallest absolute Gasteiger partial charge is 0.393 e. The summed E-state index contributed by atoms with van der Waals surface area (Å²) in [7, 11) is 0. The Bertz CT molecular complexity index is 1140. The second-order valence-electron chi connectivity index (χ2n) is 7.58. The van der Waals surface area contributed by atoms with Gasteiger partial charge in [-0.05, 0) is 37.1 Å². The zero-order chi connectivity index (χ0) is 23.0. The molecule has 1 aromatic carbocycles. The molecule has 6 nitrogen and oxygen atoms in total. The van der Waals surface area contributed by atoms with Crippen LogP contribution in [0.3, 0.4) is 0 Å². The molecule has 0 spiro atoms. The van der Waals surface area contributed by atoms with Gasteiger partial charge in [-0.25, -0.2) is 4.98 Å². The Morgan fingerprint density at radius 3 is 2.39 bits per heavy atom. The molecule has 0 saturated carbocycles. The maximum Gasteiger partial charge on any atom is 0.435 e. The first-order valence-corrected chi connectivity index (χ1v) is 10.6. The molecule has 2 aromatic heterocycles. The second-order valence-corrected chi connectivity index (χ2v) is 8.39. The molecule has 0 radical (unpaired) electrons. The number of anilines is 1. The number of aromatic nitrogens is 2. The molecule has 0 unspecified atom stereocenters. The Morgan fingerprint density at radius 2 is 1.79 bits per heavy atom. The van der Waals surface area contributed by atoms with Crippen LogP contribution in [-0.2, 0) is 12.7 Å². The third-order valence-electron chi connectivity index (χ3n) is 5.39. The zero-order valence-electron chi connectivity index (χ0n) is 17.1. The fraction of sp³-hybridized carbons (Fsp3) is 0.333. The number of imidazole rings is 1. The summed E-state index contributed by atoms with van der Waals surface area (Å²) in [6.45, 7) is 0.969. The first kappa shape index (κ1) is 25.6. The number of likely N-dealkylation sites (tertiary alicyclic amines) is 1. The first-order valence-electron chi connectivity index (χ1n) is 9.88. The summed E-state index contributed by atoms with van der Waals surface area (Å²) in [5, 5.41) is 12.5. The van der Waals surface area contributed by atoms with Gasteiger partial charge < -0.3 is 14.8 Å². The van der Waals surface area contributed by atoms with E-state index in [1.165, 1.54) is 34.9 Å². The van der Waals surface area contributed by atoms with Crippen LogP contribution in [0.4, 0.5) is 18.9 Å². The summed E-state index contributed by atoms with van der Waals surface area (Å²) >= 11 is 12.2. The number of amides is 1. The Labute approximate surface area is 203 Å². The molecule has 1 saturated heterocycles. The van der Waals surface area contributed by atoms with Gasteiger partial charge in [0, 0.05) is 25.8 Å². The molecule has 3 aromatic rings. The van der Waals surface area contributed by atoms with Gasteiger partial charge >= 0.3 is 6.18 Å². The van der Waals surface area contributed by atoms with Gasteiger partial charge in [0.1, 0.15) is 0 Å². The largest absolute Gasteiger partial charge is 0.435 e. The lowest BCUT2D eigenvalue weighted by molar-refractivity contribution is -0.141. The van der Waals surface area contributed by atoms with Gasteiger partial charge in [-0.3, -0.25) is 9.69 Å². The minimum atomic E-state index is -4.68. The van der Waals surface area contributed by atoms with Crippen LogP contribution in [0.25, 0.3) is 5.65 Å². The second kappa shape index (κ2) is 10.1. The number of aliphatic hydroxyl groups is 1. The number of carbonyl (C=O) groups excluding carboxylic acids is 1. The van der Waals surface area contributed by atoms with Crippen LogP contribution >= 0.6 is 35.6 Å². The van der Waals surface area contributed by atoms with Crippen molar-refractivity contribution in [1.82, 2.24) is 14.3 Å². The van der Waals surface area contributed by atoms with E-state index in [4.69, 9.17) is 23.2 Å². The number of carbonyl (C=O) groups is 1. The van der Waals surface area contributed by atoms with Crippen LogP contribution in [0.5, 0.6) is 0 Å². The van der Waals surface area contributed by atoms with Crippen molar-refractivity contribution in [3.63, 3.8) is 0 Å². The lowest BCUT2D eigenvalue weighted by atomic mass is 10.1. The number of alkyl halides is 3. The molecule has 12 heteroatoms. The Balaban J connectivity index is 0.00000306. The Morgan fingerprint density at radius 1 is 1.15 bits per heavy atom. The quantitative estimate of drug-likeness (QED) is 0.488. The van der Waals surface area contributed by atoms with Crippen LogP contribution in [0.15, 0.2) is 36.5 Å². The number of nitrogens with zero attached hydrogens (tertiary/aromatic N) is 3. The molecular formula is C21H20Cl3F3N4O2. The predicted molar refractivity (Wildman–Crippen MR) is 122 cm³/mol. The molecular weight excluding hydrogens is 504 g/mol. The van der Waals surface area contributed by atoms with Gasteiger partial charge in [0.05, 0.1) is 33.1 Å². The minimum Gasteiger partial charge on any atom is -0.393 e. The van der Waals surface area contributed by atoms with Gasteiger partial charge in [-0.2, -0.15) is 13.2 Å². The van der Waals surface area contributed by atoms with E-state index in [1.54, 1.807) is 6.07 Å². The Hall–Kier alpha value is -2.04. The third-order valence-corrected chi connectivity index (χ3v) is 6.02. The first-order chi connectivity index (χ1) is 15.1. The highest BCUT2D eigenvalue weighted by atomic mass is 35.5. The van der Waals surface area contributed by atoms with Crippen molar-refractivity contribution in [2.24, 2.45) is 0 Å². The summed E-state index contributed by atoms with van der Waals surface area (Å²) in [6.07, 6.45) is -2.64. The number of benzene rings is 1. The number of aliphatic hydroxyl groups excluding tert-OH is 1. The van der Waals surface area contributed by atoms with Crippen molar-refractivity contribution in [1.29, 1.82) is 0 Å². The number of halogens is 6. The van der Waals surface area contributed by atoms with Crippen molar-refractivity contribution in [2.45, 2.75) is 31.7 Å². The van der Waals surface area contributed by atoms with Crippen molar-refractivity contribution < 1.29 is 23.1 Å². The van der Waals surface area contributed by atoms with Gasteiger partial charge in [-0.1, -0.05) is 29.3 Å². The average molecular weight is 524 g/mol. The van der Waals surface area contributed by atoms with E-state index in [2.05, 4.69) is 10.3 Å². The van der Waals surface area contributed by atoms with Crippen molar-refractivity contribution in [2.75, 3.05) is 18.4 Å². The molecule has 178 valence electrons. The maximum absolute atomic E-state index is 13.8. The number of fused-ring (bicyclic) bond motifs is 1. The molecule has 1 amide bonds. The lowest BCUT2D eigenvalue weighted by Gasteiger charge is -2.29. The fourth-order valence-electron chi connectivity index (χ4n) is 3.78. The number of hydrogen-bond donors (Lipinski definition) is 2. The van der Waals surface area contributed by atoms with E-state index >= 15 is 0 Å². The molecule has 3 heterocycles. The van der Waals surface area contributed by atoms with Crippen LogP contribution in [0.1, 0.15) is 34.6 Å². The van der Waals surface area contributed by atoms with E-state index in [-0.39, 0.29) is 51.6 Å². The standard InChI is InChI=1S/C21H19Cl2F3N4O2.ClH/c22-13-3-1-4-14(23)17(13)20(32)27-15-5-2-8-30-16(11-29-9-6-12(31)7-10-29)18(21(24,25)26)28-19(15)30;/h1-5,8,12,31H,6-7,9-11H2,(H,27,32);1H. The van der Waals surface area contributed by atoms with Crippen LogP contribution in [0.2, 0.25) is 10.0 Å². The topological polar surface area (TPSA) is 69.9 Å². The normalized spacial score (nSPS) is 15.5. The molecule has 0 aliphatic carbocycles. The molecule has 1 fully saturated rings. The molecule has 0 atom stereocenters. The van der Waals surface area contributed by atoms with Crippen LogP contribution in [-0.4, -0.2) is 44.5 Å². The van der Waals surface area contributed by atoms with Gasteiger partial charge in [0.15, 0.2) is 11.3 Å². The molecule has 1 aliphatic rings. The van der Waals surface area contributed by atoms with Crippen molar-refractivity contribution in [3.8, 4) is 0 Å². The number of rotatable bonds is 4. The molecule has 2 N–H and O–H groups in total. The van der Waals surface area contributed by atoms with Crippen molar-refractivity contribution >= 4 is 52.9 Å². The number of nitrogens with one attached hydrogen (secondary N) is 1. The number of pyridine rings is 1. The molecule has 0 bridgehead atoms. The van der Waals surface area contributed by atoms with Crippen LogP contribution in [0, 0.1) is 0 Å². The van der Waals surface area contributed by atoms with Gasteiger partial charge in [0.2, 0.25) is 0 Å². The average Bonchev–Trinajstić information content (AvgIpc) is 3.09. The maximum atomic E-state index is 13.8. The van der Waals surface area contributed by atoms with Crippen LogP contribution < -0.4 is 5.32 Å². The highest BCUT2D eigenvalue weighted by Gasteiger charge is 2.39. The molecule has 4 rings (SSSR count). The summed E-state index contributed by atoms with van der Waals surface area (Å²) in [5.74, 6) is -0.656. The molecule has 33 heavy (non-hydrogen) atoms. The van der Waals surface area contributed by atoms with Gasteiger partial charge in [0.25, 0.3) is 5.91 Å². The predicted octanol–water partition coefficient (Wildman–Crippen LogP) is 5.29. The summed E-state index contributed by atoms with van der Waals surface area (Å²) < 4.78 is 42.8. The van der Waals surface area contributed by atoms with E-state index in [0.717, 1.165) is 0 Å². The van der Waals surface area contributed by atoms with Gasteiger partial charge in [-0.15, -0.1) is 12.4 Å². The fourth-order valence-corrected chi connectivity index (χ4v) is 4.35. The lowest BCUT2D eigenvalue weighted by Crippen LogP contribution is -2.36. The number of hydrogen-bond acceptors (Lipinski definition) is 4.